The van der Waals surface area contributed by atoms with Gasteiger partial charge in [0, 0.05) is 20.9 Å². The molecule has 0 aliphatic carbocycles. The van der Waals surface area contributed by atoms with Crippen molar-refractivity contribution in [3.05, 3.63) is 70.1 Å². The molecule has 0 atom stereocenters. The van der Waals surface area contributed by atoms with E-state index >= 15 is 0 Å². The average Bonchev–Trinajstić information content (AvgIpc) is 2.48. The Labute approximate surface area is 142 Å². The van der Waals surface area contributed by atoms with E-state index in [1.807, 2.05) is 36.4 Å². The molecule has 0 unspecified atom stereocenters. The standard InChI is InChI=1S/C15H11Cl2NOS2/c16-11-6-7-14(13(17)10-11)20-9-8-15(19)18-21-12-4-2-1-3-5-12/h1-10H,(H,18,19)/b9-8+. The topological polar surface area (TPSA) is 29.1 Å². The molecule has 1 amide bonds. The molecule has 2 nitrogen and oxygen atoms in total. The zero-order chi connectivity index (χ0) is 15.1. The number of thioether (sulfide) groups is 1. The summed E-state index contributed by atoms with van der Waals surface area (Å²) in [6.45, 7) is 0. The molecule has 0 aliphatic heterocycles. The quantitative estimate of drug-likeness (QED) is 0.440. The van der Waals surface area contributed by atoms with Crippen LogP contribution in [0.5, 0.6) is 0 Å². The molecule has 21 heavy (non-hydrogen) atoms. The van der Waals surface area contributed by atoms with E-state index < -0.39 is 0 Å². The molecule has 108 valence electrons. The van der Waals surface area contributed by atoms with Crippen LogP contribution in [0.2, 0.25) is 10.0 Å². The molecule has 2 aromatic carbocycles. The molecular formula is C15H11Cl2NOS2. The molecule has 0 aliphatic rings. The van der Waals surface area contributed by atoms with Gasteiger partial charge in [0.05, 0.1) is 5.02 Å². The molecule has 0 fully saturated rings. The molecule has 0 saturated heterocycles. The largest absolute Gasteiger partial charge is 0.292 e. The van der Waals surface area contributed by atoms with Gasteiger partial charge >= 0.3 is 0 Å². The lowest BCUT2D eigenvalue weighted by atomic mass is 10.4. The van der Waals surface area contributed by atoms with Crippen molar-refractivity contribution in [1.82, 2.24) is 4.72 Å². The average molecular weight is 356 g/mol. The Morgan fingerprint density at radius 1 is 1.10 bits per heavy atom. The fraction of sp³-hybridized carbons (Fsp3) is 0. The number of carbonyl (C=O) groups excluding carboxylic acids is 1. The van der Waals surface area contributed by atoms with Gasteiger partial charge in [0.25, 0.3) is 5.91 Å². The van der Waals surface area contributed by atoms with Crippen molar-refractivity contribution >= 4 is 52.8 Å². The molecule has 2 aromatic rings. The van der Waals surface area contributed by atoms with E-state index in [0.29, 0.717) is 10.0 Å². The number of benzene rings is 2. The van der Waals surface area contributed by atoms with E-state index in [-0.39, 0.29) is 5.91 Å². The lowest BCUT2D eigenvalue weighted by Crippen LogP contribution is -2.11. The maximum Gasteiger partial charge on any atom is 0.254 e. The van der Waals surface area contributed by atoms with Crippen LogP contribution in [0.3, 0.4) is 0 Å². The Morgan fingerprint density at radius 3 is 2.57 bits per heavy atom. The minimum atomic E-state index is -0.179. The smallest absolute Gasteiger partial charge is 0.254 e. The van der Waals surface area contributed by atoms with Crippen LogP contribution in [0.1, 0.15) is 0 Å². The molecule has 1 N–H and O–H groups in total. The van der Waals surface area contributed by atoms with Gasteiger partial charge in [0.1, 0.15) is 0 Å². The van der Waals surface area contributed by atoms with E-state index in [1.54, 1.807) is 17.5 Å². The molecule has 0 radical (unpaired) electrons. The maximum absolute atomic E-state index is 11.7. The maximum atomic E-state index is 11.7. The number of amides is 1. The summed E-state index contributed by atoms with van der Waals surface area (Å²) in [5.74, 6) is -0.179. The predicted octanol–water partition coefficient (Wildman–Crippen LogP) is 5.42. The SMILES string of the molecule is O=C(/C=C/Sc1ccc(Cl)cc1Cl)NSc1ccccc1. The van der Waals surface area contributed by atoms with Gasteiger partial charge in [-0.1, -0.05) is 53.2 Å². The molecule has 0 saturated carbocycles. The third kappa shape index (κ3) is 5.67. The molecule has 0 spiro atoms. The van der Waals surface area contributed by atoms with Gasteiger partial charge in [0.2, 0.25) is 0 Å². The summed E-state index contributed by atoms with van der Waals surface area (Å²) in [6.07, 6.45) is 1.46. The highest BCUT2D eigenvalue weighted by atomic mass is 35.5. The molecular weight excluding hydrogens is 345 g/mol. The van der Waals surface area contributed by atoms with Gasteiger partial charge < -0.3 is 0 Å². The van der Waals surface area contributed by atoms with E-state index in [2.05, 4.69) is 4.72 Å². The monoisotopic (exact) mass is 355 g/mol. The summed E-state index contributed by atoms with van der Waals surface area (Å²) >= 11 is 14.5. The summed E-state index contributed by atoms with van der Waals surface area (Å²) in [7, 11) is 0. The van der Waals surface area contributed by atoms with Crippen LogP contribution in [0.15, 0.2) is 69.8 Å². The molecule has 0 aromatic heterocycles. The van der Waals surface area contributed by atoms with Crippen molar-refractivity contribution in [3.8, 4) is 0 Å². The Bertz CT molecular complexity index is 647. The first-order chi connectivity index (χ1) is 10.1. The number of halogens is 2. The number of rotatable bonds is 5. The van der Waals surface area contributed by atoms with E-state index in [0.717, 1.165) is 9.79 Å². The van der Waals surface area contributed by atoms with Crippen molar-refractivity contribution in [2.24, 2.45) is 0 Å². The lowest BCUT2D eigenvalue weighted by molar-refractivity contribution is -0.114. The molecule has 0 heterocycles. The summed E-state index contributed by atoms with van der Waals surface area (Å²) in [6, 6.07) is 14.9. The van der Waals surface area contributed by atoms with Crippen LogP contribution in [0, 0.1) is 0 Å². The normalized spacial score (nSPS) is 10.8. The minimum absolute atomic E-state index is 0.179. The van der Waals surface area contributed by atoms with Crippen LogP contribution in [-0.2, 0) is 4.79 Å². The van der Waals surface area contributed by atoms with E-state index in [1.165, 1.54) is 29.8 Å². The van der Waals surface area contributed by atoms with E-state index in [4.69, 9.17) is 23.2 Å². The van der Waals surface area contributed by atoms with Crippen molar-refractivity contribution in [2.45, 2.75) is 9.79 Å². The van der Waals surface area contributed by atoms with Crippen LogP contribution in [0.4, 0.5) is 0 Å². The lowest BCUT2D eigenvalue weighted by Gasteiger charge is -2.01. The zero-order valence-corrected chi connectivity index (χ0v) is 13.9. The van der Waals surface area contributed by atoms with Gasteiger partial charge in [0.15, 0.2) is 0 Å². The fourth-order valence-electron chi connectivity index (χ4n) is 1.37. The van der Waals surface area contributed by atoms with Crippen molar-refractivity contribution in [3.63, 3.8) is 0 Å². The van der Waals surface area contributed by atoms with Gasteiger partial charge in [-0.25, -0.2) is 0 Å². The fourth-order valence-corrected chi connectivity index (χ4v) is 3.15. The van der Waals surface area contributed by atoms with Crippen LogP contribution in [0.25, 0.3) is 0 Å². The van der Waals surface area contributed by atoms with Gasteiger partial charge in [-0.2, -0.15) is 0 Å². The Morgan fingerprint density at radius 2 is 1.86 bits per heavy atom. The number of hydrogen-bond donors (Lipinski definition) is 1. The Hall–Kier alpha value is -1.07. The second kappa shape index (κ2) is 8.39. The summed E-state index contributed by atoms with van der Waals surface area (Å²) < 4.78 is 2.73. The summed E-state index contributed by atoms with van der Waals surface area (Å²) in [5.41, 5.74) is 0. The van der Waals surface area contributed by atoms with Gasteiger partial charge in [-0.05, 0) is 47.7 Å². The summed E-state index contributed by atoms with van der Waals surface area (Å²) in [4.78, 5) is 13.5. The first-order valence-electron chi connectivity index (χ1n) is 5.95. The first kappa shape index (κ1) is 16.3. The molecule has 6 heteroatoms. The first-order valence-corrected chi connectivity index (χ1v) is 8.40. The highest BCUT2D eigenvalue weighted by Gasteiger charge is 2.01. The second-order valence-corrected chi connectivity index (χ2v) is 6.55. The Kier molecular flexibility index (Phi) is 6.51. The number of carbonyl (C=O) groups is 1. The third-order valence-corrected chi connectivity index (χ3v) is 4.67. The van der Waals surface area contributed by atoms with Crippen LogP contribution < -0.4 is 4.72 Å². The predicted molar refractivity (Wildman–Crippen MR) is 91.9 cm³/mol. The Balaban J connectivity index is 1.82. The third-order valence-electron chi connectivity index (χ3n) is 2.32. The zero-order valence-electron chi connectivity index (χ0n) is 10.8. The minimum Gasteiger partial charge on any atom is -0.292 e. The van der Waals surface area contributed by atoms with Crippen molar-refractivity contribution in [1.29, 1.82) is 0 Å². The van der Waals surface area contributed by atoms with Gasteiger partial charge in [-0.3, -0.25) is 9.52 Å². The van der Waals surface area contributed by atoms with Crippen LogP contribution >= 0.6 is 46.9 Å². The van der Waals surface area contributed by atoms with Crippen molar-refractivity contribution < 1.29 is 4.79 Å². The number of nitrogens with one attached hydrogen (secondary N) is 1. The van der Waals surface area contributed by atoms with Crippen molar-refractivity contribution in [2.75, 3.05) is 0 Å². The molecule has 2 rings (SSSR count). The highest BCUT2D eigenvalue weighted by Crippen LogP contribution is 2.30. The van der Waals surface area contributed by atoms with Gasteiger partial charge in [-0.15, -0.1) is 0 Å². The van der Waals surface area contributed by atoms with E-state index in [9.17, 15) is 4.79 Å². The molecule has 0 bridgehead atoms. The summed E-state index contributed by atoms with van der Waals surface area (Å²) in [5, 5.41) is 2.84. The number of hydrogen-bond acceptors (Lipinski definition) is 3. The van der Waals surface area contributed by atoms with Crippen LogP contribution in [-0.4, -0.2) is 5.91 Å². The second-order valence-electron chi connectivity index (χ2n) is 3.88. The highest BCUT2D eigenvalue weighted by molar-refractivity contribution is 8.02.